The minimum atomic E-state index is 0.493. The third-order valence-corrected chi connectivity index (χ3v) is 2.80. The van der Waals surface area contributed by atoms with Gasteiger partial charge >= 0.3 is 0 Å². The molecule has 2 nitrogen and oxygen atoms in total. The van der Waals surface area contributed by atoms with E-state index in [-0.39, 0.29) is 0 Å². The van der Waals surface area contributed by atoms with Gasteiger partial charge in [-0.25, -0.2) is 0 Å². The first-order chi connectivity index (χ1) is 7.25. The van der Waals surface area contributed by atoms with Crippen molar-refractivity contribution in [1.29, 1.82) is 0 Å². The summed E-state index contributed by atoms with van der Waals surface area (Å²) in [5.41, 5.74) is 0. The summed E-state index contributed by atoms with van der Waals surface area (Å²) in [6.07, 6.45) is 2.10. The van der Waals surface area contributed by atoms with Crippen LogP contribution in [0, 0.1) is 0 Å². The normalized spacial score (nSPS) is 10.3. The van der Waals surface area contributed by atoms with Crippen LogP contribution in [0.25, 0.3) is 0 Å². The first-order valence-corrected chi connectivity index (χ1v) is 5.72. The molecule has 0 radical (unpaired) electrons. The van der Waals surface area contributed by atoms with Gasteiger partial charge < -0.3 is 10.1 Å². The summed E-state index contributed by atoms with van der Waals surface area (Å²) in [6.45, 7) is 1.67. The molecule has 0 saturated carbocycles. The Morgan fingerprint density at radius 3 is 2.80 bits per heavy atom. The zero-order valence-corrected chi connectivity index (χ0v) is 10.2. The lowest BCUT2D eigenvalue weighted by Crippen LogP contribution is -2.09. The van der Waals surface area contributed by atoms with E-state index in [9.17, 15) is 0 Å². The maximum Gasteiger partial charge on any atom is 0.139 e. The lowest BCUT2D eigenvalue weighted by Gasteiger charge is -2.08. The predicted octanol–water partition coefficient (Wildman–Crippen LogP) is 3.37. The van der Waals surface area contributed by atoms with Crippen LogP contribution in [-0.4, -0.2) is 20.2 Å². The molecule has 0 aliphatic rings. The molecule has 4 heteroatoms. The number of benzene rings is 1. The van der Waals surface area contributed by atoms with Crippen molar-refractivity contribution in [3.05, 3.63) is 28.2 Å². The summed E-state index contributed by atoms with van der Waals surface area (Å²) in [5, 5.41) is 4.11. The van der Waals surface area contributed by atoms with Crippen LogP contribution in [0.3, 0.4) is 0 Å². The SMILES string of the molecule is CNCCCCOc1cccc(Cl)c1Cl. The summed E-state index contributed by atoms with van der Waals surface area (Å²) in [6, 6.07) is 5.40. The molecule has 84 valence electrons. The Balaban J connectivity index is 2.34. The summed E-state index contributed by atoms with van der Waals surface area (Å²) >= 11 is 11.8. The van der Waals surface area contributed by atoms with Crippen molar-refractivity contribution in [2.24, 2.45) is 0 Å². The first-order valence-electron chi connectivity index (χ1n) is 4.97. The second kappa shape index (κ2) is 6.94. The van der Waals surface area contributed by atoms with E-state index in [1.807, 2.05) is 19.2 Å². The average Bonchev–Trinajstić information content (AvgIpc) is 2.24. The molecule has 0 heterocycles. The van der Waals surface area contributed by atoms with Crippen LogP contribution in [0.4, 0.5) is 0 Å². The van der Waals surface area contributed by atoms with Gasteiger partial charge in [0.05, 0.1) is 11.6 Å². The van der Waals surface area contributed by atoms with Gasteiger partial charge in [-0.1, -0.05) is 29.3 Å². The maximum atomic E-state index is 5.96. The number of unbranched alkanes of at least 4 members (excludes halogenated alkanes) is 1. The van der Waals surface area contributed by atoms with E-state index in [1.165, 1.54) is 0 Å². The van der Waals surface area contributed by atoms with Crippen LogP contribution >= 0.6 is 23.2 Å². The molecule has 0 bridgehead atoms. The van der Waals surface area contributed by atoms with Crippen LogP contribution in [0.1, 0.15) is 12.8 Å². The van der Waals surface area contributed by atoms with E-state index >= 15 is 0 Å². The van der Waals surface area contributed by atoms with E-state index in [2.05, 4.69) is 5.32 Å². The summed E-state index contributed by atoms with van der Waals surface area (Å²) in [5.74, 6) is 0.661. The highest BCUT2D eigenvalue weighted by atomic mass is 35.5. The number of hydrogen-bond acceptors (Lipinski definition) is 2. The minimum absolute atomic E-state index is 0.493. The fraction of sp³-hybridized carbons (Fsp3) is 0.455. The van der Waals surface area contributed by atoms with Crippen molar-refractivity contribution in [3.8, 4) is 5.75 Å². The van der Waals surface area contributed by atoms with Crippen molar-refractivity contribution < 1.29 is 4.74 Å². The van der Waals surface area contributed by atoms with Crippen molar-refractivity contribution in [3.63, 3.8) is 0 Å². The Morgan fingerprint density at radius 1 is 1.27 bits per heavy atom. The van der Waals surface area contributed by atoms with Crippen LogP contribution < -0.4 is 10.1 Å². The second-order valence-electron chi connectivity index (χ2n) is 3.21. The van der Waals surface area contributed by atoms with Crippen LogP contribution in [0.2, 0.25) is 10.0 Å². The highest BCUT2D eigenvalue weighted by Gasteiger charge is 2.04. The van der Waals surface area contributed by atoms with Gasteiger partial charge in [0, 0.05) is 0 Å². The Morgan fingerprint density at radius 2 is 2.07 bits per heavy atom. The van der Waals surface area contributed by atoms with Gasteiger partial charge in [0.1, 0.15) is 10.8 Å². The molecule has 0 fully saturated rings. The maximum absolute atomic E-state index is 5.96. The fourth-order valence-electron chi connectivity index (χ4n) is 1.18. The van der Waals surface area contributed by atoms with Gasteiger partial charge in [0.2, 0.25) is 0 Å². The van der Waals surface area contributed by atoms with E-state index in [0.29, 0.717) is 22.4 Å². The smallest absolute Gasteiger partial charge is 0.139 e. The fourth-order valence-corrected chi connectivity index (χ4v) is 1.53. The predicted molar refractivity (Wildman–Crippen MR) is 65.1 cm³/mol. The van der Waals surface area contributed by atoms with Crippen LogP contribution in [0.15, 0.2) is 18.2 Å². The highest BCUT2D eigenvalue weighted by molar-refractivity contribution is 6.42. The van der Waals surface area contributed by atoms with Crippen molar-refractivity contribution >= 4 is 23.2 Å². The zero-order valence-electron chi connectivity index (χ0n) is 8.72. The standard InChI is InChI=1S/C11H15Cl2NO/c1-14-7-2-3-8-15-10-6-4-5-9(12)11(10)13/h4-6,14H,2-3,7-8H2,1H3. The molecule has 0 aliphatic carbocycles. The van der Waals surface area contributed by atoms with Crippen molar-refractivity contribution in [1.82, 2.24) is 5.32 Å². The Labute approximate surface area is 101 Å². The zero-order chi connectivity index (χ0) is 11.1. The van der Waals surface area contributed by atoms with Gasteiger partial charge in [-0.2, -0.15) is 0 Å². The number of hydrogen-bond donors (Lipinski definition) is 1. The second-order valence-corrected chi connectivity index (χ2v) is 4.00. The third-order valence-electron chi connectivity index (χ3n) is 1.99. The molecular weight excluding hydrogens is 233 g/mol. The third kappa shape index (κ3) is 4.29. The Hall–Kier alpha value is -0.440. The monoisotopic (exact) mass is 247 g/mol. The molecule has 1 aromatic carbocycles. The van der Waals surface area contributed by atoms with Gasteiger partial charge in [-0.05, 0) is 38.6 Å². The molecule has 0 spiro atoms. The molecule has 0 amide bonds. The largest absolute Gasteiger partial charge is 0.492 e. The number of ether oxygens (including phenoxy) is 1. The van der Waals surface area contributed by atoms with Crippen LogP contribution in [-0.2, 0) is 0 Å². The Kier molecular flexibility index (Phi) is 5.84. The molecule has 0 aliphatic heterocycles. The molecule has 15 heavy (non-hydrogen) atoms. The summed E-state index contributed by atoms with van der Waals surface area (Å²) in [4.78, 5) is 0. The highest BCUT2D eigenvalue weighted by Crippen LogP contribution is 2.31. The molecular formula is C11H15Cl2NO. The van der Waals surface area contributed by atoms with E-state index in [1.54, 1.807) is 6.07 Å². The quantitative estimate of drug-likeness (QED) is 0.779. The molecule has 1 N–H and O–H groups in total. The lowest BCUT2D eigenvalue weighted by molar-refractivity contribution is 0.306. The average molecular weight is 248 g/mol. The van der Waals surface area contributed by atoms with Gasteiger partial charge in [0.25, 0.3) is 0 Å². The van der Waals surface area contributed by atoms with Crippen molar-refractivity contribution in [2.45, 2.75) is 12.8 Å². The molecule has 0 saturated heterocycles. The first kappa shape index (κ1) is 12.6. The topological polar surface area (TPSA) is 21.3 Å². The molecule has 0 atom stereocenters. The minimum Gasteiger partial charge on any atom is -0.492 e. The number of nitrogens with one attached hydrogen (secondary N) is 1. The van der Waals surface area contributed by atoms with Gasteiger partial charge in [0.15, 0.2) is 0 Å². The molecule has 0 aromatic heterocycles. The van der Waals surface area contributed by atoms with Gasteiger partial charge in [-0.15, -0.1) is 0 Å². The van der Waals surface area contributed by atoms with Crippen LogP contribution in [0.5, 0.6) is 5.75 Å². The molecule has 1 rings (SSSR count). The lowest BCUT2D eigenvalue weighted by atomic mass is 10.3. The van der Waals surface area contributed by atoms with Crippen molar-refractivity contribution in [2.75, 3.05) is 20.2 Å². The summed E-state index contributed by atoms with van der Waals surface area (Å²) in [7, 11) is 1.94. The number of halogens is 2. The molecule has 1 aromatic rings. The molecule has 0 unspecified atom stereocenters. The Bertz CT molecular complexity index is 305. The summed E-state index contributed by atoms with van der Waals surface area (Å²) < 4.78 is 5.52. The number of rotatable bonds is 6. The van der Waals surface area contributed by atoms with E-state index < -0.39 is 0 Å². The van der Waals surface area contributed by atoms with Gasteiger partial charge in [-0.3, -0.25) is 0 Å². The van der Waals surface area contributed by atoms with E-state index in [0.717, 1.165) is 19.4 Å². The van der Waals surface area contributed by atoms with E-state index in [4.69, 9.17) is 27.9 Å².